The molecule has 0 radical (unpaired) electrons. The molecule has 0 saturated heterocycles. The summed E-state index contributed by atoms with van der Waals surface area (Å²) in [6.45, 7) is 6.03. The second-order valence-corrected chi connectivity index (χ2v) is 8.17. The molecule has 1 aromatic heterocycles. The van der Waals surface area contributed by atoms with E-state index >= 15 is 0 Å². The van der Waals surface area contributed by atoms with Gasteiger partial charge in [0.1, 0.15) is 0 Å². The number of aromatic nitrogens is 2. The highest BCUT2D eigenvalue weighted by atomic mass is 32.2. The lowest BCUT2D eigenvalue weighted by Crippen LogP contribution is -2.14. The summed E-state index contributed by atoms with van der Waals surface area (Å²) >= 11 is 2.83. The first-order valence-corrected chi connectivity index (χ1v) is 9.97. The predicted molar refractivity (Wildman–Crippen MR) is 110 cm³/mol. The Morgan fingerprint density at radius 3 is 2.62 bits per heavy atom. The molecule has 1 heterocycles. The van der Waals surface area contributed by atoms with Crippen LogP contribution in [0.1, 0.15) is 16.7 Å². The summed E-state index contributed by atoms with van der Waals surface area (Å²) < 4.78 is 0.761. The Hall–Kier alpha value is -2.38. The van der Waals surface area contributed by atoms with E-state index in [4.69, 9.17) is 0 Å². The van der Waals surface area contributed by atoms with Gasteiger partial charge in [0, 0.05) is 11.4 Å². The molecule has 7 heteroatoms. The van der Waals surface area contributed by atoms with E-state index in [1.807, 2.05) is 63.2 Å². The molecular weight excluding hydrogens is 364 g/mol. The monoisotopic (exact) mass is 384 g/mol. The summed E-state index contributed by atoms with van der Waals surface area (Å²) in [5.74, 6) is 0.249. The van der Waals surface area contributed by atoms with Crippen LogP contribution >= 0.6 is 23.1 Å². The Labute approximate surface area is 161 Å². The summed E-state index contributed by atoms with van der Waals surface area (Å²) in [6.07, 6.45) is 0. The molecule has 0 aliphatic rings. The molecule has 134 valence electrons. The van der Waals surface area contributed by atoms with Crippen LogP contribution in [0.4, 0.5) is 16.5 Å². The van der Waals surface area contributed by atoms with Crippen LogP contribution in [-0.2, 0) is 4.79 Å². The third-order valence-electron chi connectivity index (χ3n) is 3.79. The number of hydrogen-bond donors (Lipinski definition) is 2. The van der Waals surface area contributed by atoms with Crippen molar-refractivity contribution in [3.63, 3.8) is 0 Å². The minimum Gasteiger partial charge on any atom is -0.330 e. The SMILES string of the molecule is Cc1ccc(C)c(NC(=O)CSc2nnc(Nc3ccccc3C)s2)c1. The molecule has 0 fully saturated rings. The highest BCUT2D eigenvalue weighted by Crippen LogP contribution is 2.28. The number of benzene rings is 2. The van der Waals surface area contributed by atoms with Gasteiger partial charge in [-0.15, -0.1) is 10.2 Å². The van der Waals surface area contributed by atoms with Crippen LogP contribution in [-0.4, -0.2) is 21.9 Å². The lowest BCUT2D eigenvalue weighted by molar-refractivity contribution is -0.113. The standard InChI is InChI=1S/C19H20N4OS2/c1-12-8-9-14(3)16(10-12)20-17(24)11-25-19-23-22-18(26-19)21-15-7-5-4-6-13(15)2/h4-10H,11H2,1-3H3,(H,20,24)(H,21,22). The van der Waals surface area contributed by atoms with Gasteiger partial charge in [0.25, 0.3) is 0 Å². The first-order valence-electron chi connectivity index (χ1n) is 8.17. The number of nitrogens with zero attached hydrogens (tertiary/aromatic N) is 2. The van der Waals surface area contributed by atoms with E-state index in [0.717, 1.165) is 37.5 Å². The molecule has 0 atom stereocenters. The van der Waals surface area contributed by atoms with Crippen molar-refractivity contribution in [2.45, 2.75) is 25.1 Å². The van der Waals surface area contributed by atoms with Gasteiger partial charge in [0.05, 0.1) is 5.75 Å². The van der Waals surface area contributed by atoms with Gasteiger partial charge < -0.3 is 10.6 Å². The maximum Gasteiger partial charge on any atom is 0.234 e. The van der Waals surface area contributed by atoms with Crippen molar-refractivity contribution in [3.8, 4) is 0 Å². The molecule has 2 aromatic carbocycles. The number of carbonyl (C=O) groups excluding carboxylic acids is 1. The average molecular weight is 385 g/mol. The lowest BCUT2D eigenvalue weighted by atomic mass is 10.1. The second kappa shape index (κ2) is 8.33. The van der Waals surface area contributed by atoms with Gasteiger partial charge in [-0.3, -0.25) is 4.79 Å². The van der Waals surface area contributed by atoms with Gasteiger partial charge in [0.15, 0.2) is 4.34 Å². The third kappa shape index (κ3) is 4.83. The quantitative estimate of drug-likeness (QED) is 0.589. The molecule has 5 nitrogen and oxygen atoms in total. The Morgan fingerprint density at radius 1 is 1.04 bits per heavy atom. The number of nitrogens with one attached hydrogen (secondary N) is 2. The van der Waals surface area contributed by atoms with Crippen LogP contribution in [0.5, 0.6) is 0 Å². The van der Waals surface area contributed by atoms with Gasteiger partial charge in [-0.2, -0.15) is 0 Å². The third-order valence-corrected chi connectivity index (χ3v) is 5.76. The van der Waals surface area contributed by atoms with E-state index in [1.165, 1.54) is 23.1 Å². The van der Waals surface area contributed by atoms with Crippen molar-refractivity contribution in [1.82, 2.24) is 10.2 Å². The van der Waals surface area contributed by atoms with Crippen molar-refractivity contribution in [2.75, 3.05) is 16.4 Å². The van der Waals surface area contributed by atoms with E-state index in [0.29, 0.717) is 5.75 Å². The van der Waals surface area contributed by atoms with Gasteiger partial charge in [-0.05, 0) is 49.6 Å². The van der Waals surface area contributed by atoms with Gasteiger partial charge in [-0.1, -0.05) is 53.4 Å². The molecule has 3 rings (SSSR count). The van der Waals surface area contributed by atoms with Crippen LogP contribution < -0.4 is 10.6 Å². The average Bonchev–Trinajstić information content (AvgIpc) is 3.06. The first kappa shape index (κ1) is 18.4. The van der Waals surface area contributed by atoms with Crippen molar-refractivity contribution in [3.05, 3.63) is 59.2 Å². The minimum absolute atomic E-state index is 0.0488. The van der Waals surface area contributed by atoms with Crippen molar-refractivity contribution in [2.24, 2.45) is 0 Å². The van der Waals surface area contributed by atoms with E-state index in [9.17, 15) is 4.79 Å². The van der Waals surface area contributed by atoms with E-state index in [1.54, 1.807) is 0 Å². The largest absolute Gasteiger partial charge is 0.330 e. The van der Waals surface area contributed by atoms with Gasteiger partial charge in [0.2, 0.25) is 11.0 Å². The number of amides is 1. The number of para-hydroxylation sites is 1. The zero-order valence-corrected chi connectivity index (χ0v) is 16.5. The summed E-state index contributed by atoms with van der Waals surface area (Å²) in [4.78, 5) is 12.2. The summed E-state index contributed by atoms with van der Waals surface area (Å²) in [7, 11) is 0. The topological polar surface area (TPSA) is 66.9 Å². The molecule has 0 aliphatic heterocycles. The number of anilines is 3. The Bertz CT molecular complexity index is 923. The predicted octanol–water partition coefficient (Wildman–Crippen LogP) is 4.94. The number of hydrogen-bond acceptors (Lipinski definition) is 6. The fraction of sp³-hybridized carbons (Fsp3) is 0.211. The number of rotatable bonds is 6. The van der Waals surface area contributed by atoms with E-state index in [2.05, 4.69) is 20.8 Å². The molecule has 2 N–H and O–H groups in total. The van der Waals surface area contributed by atoms with E-state index in [-0.39, 0.29) is 5.91 Å². The van der Waals surface area contributed by atoms with Crippen LogP contribution in [0, 0.1) is 20.8 Å². The van der Waals surface area contributed by atoms with Crippen molar-refractivity contribution < 1.29 is 4.79 Å². The molecule has 26 heavy (non-hydrogen) atoms. The smallest absolute Gasteiger partial charge is 0.234 e. The van der Waals surface area contributed by atoms with E-state index < -0.39 is 0 Å². The number of carbonyl (C=O) groups is 1. The normalized spacial score (nSPS) is 10.6. The second-order valence-electron chi connectivity index (χ2n) is 5.97. The van der Waals surface area contributed by atoms with Crippen molar-refractivity contribution in [1.29, 1.82) is 0 Å². The number of aryl methyl sites for hydroxylation is 3. The van der Waals surface area contributed by atoms with Crippen LogP contribution in [0.25, 0.3) is 0 Å². The van der Waals surface area contributed by atoms with Gasteiger partial charge >= 0.3 is 0 Å². The molecule has 0 spiro atoms. The lowest BCUT2D eigenvalue weighted by Gasteiger charge is -2.08. The fourth-order valence-electron chi connectivity index (χ4n) is 2.33. The molecular formula is C19H20N4OS2. The zero-order chi connectivity index (χ0) is 18.5. The van der Waals surface area contributed by atoms with Gasteiger partial charge in [-0.25, -0.2) is 0 Å². The maximum absolute atomic E-state index is 12.2. The maximum atomic E-state index is 12.2. The Morgan fingerprint density at radius 2 is 1.81 bits per heavy atom. The van der Waals surface area contributed by atoms with Crippen LogP contribution in [0.15, 0.2) is 46.8 Å². The molecule has 0 unspecified atom stereocenters. The molecule has 0 saturated carbocycles. The molecule has 0 bridgehead atoms. The zero-order valence-electron chi connectivity index (χ0n) is 14.9. The summed E-state index contributed by atoms with van der Waals surface area (Å²) in [5, 5.41) is 15.2. The fourth-order valence-corrected chi connectivity index (χ4v) is 3.90. The summed E-state index contributed by atoms with van der Waals surface area (Å²) in [5.41, 5.74) is 5.18. The van der Waals surface area contributed by atoms with Crippen molar-refractivity contribution >= 4 is 45.5 Å². The molecule has 0 aliphatic carbocycles. The van der Waals surface area contributed by atoms with Crippen LogP contribution in [0.2, 0.25) is 0 Å². The highest BCUT2D eigenvalue weighted by Gasteiger charge is 2.10. The molecule has 3 aromatic rings. The van der Waals surface area contributed by atoms with Crippen LogP contribution in [0.3, 0.4) is 0 Å². The highest BCUT2D eigenvalue weighted by molar-refractivity contribution is 8.01. The number of thioether (sulfide) groups is 1. The first-order chi connectivity index (χ1) is 12.5. The Kier molecular flexibility index (Phi) is 5.90. The Balaban J connectivity index is 1.55. The minimum atomic E-state index is -0.0488. The molecule has 1 amide bonds. The summed E-state index contributed by atoms with van der Waals surface area (Å²) in [6, 6.07) is 14.0.